The Morgan fingerprint density at radius 2 is 1.35 bits per heavy atom. The lowest BCUT2D eigenvalue weighted by atomic mass is 10.6. The predicted octanol–water partition coefficient (Wildman–Crippen LogP) is 1.65. The van der Waals surface area contributed by atoms with Gasteiger partial charge in [0.25, 0.3) is 0 Å². The first-order chi connectivity index (χ1) is 7.86. The molecule has 0 aromatic heterocycles. The molecule has 0 bridgehead atoms. The Kier molecular flexibility index (Phi) is 11.7. The van der Waals surface area contributed by atoms with E-state index in [2.05, 4.69) is 16.0 Å². The fourth-order valence-corrected chi connectivity index (χ4v) is 2.81. The van der Waals surface area contributed by atoms with E-state index in [0.29, 0.717) is 0 Å². The van der Waals surface area contributed by atoms with Crippen molar-refractivity contribution in [2.45, 2.75) is 19.4 Å². The highest BCUT2D eigenvalue weighted by Crippen LogP contribution is 2.40. The minimum Gasteiger partial charge on any atom is -0.377 e. The van der Waals surface area contributed by atoms with Gasteiger partial charge in [0.2, 0.25) is 0 Å². The Labute approximate surface area is 104 Å². The lowest BCUT2D eigenvalue weighted by Crippen LogP contribution is -2.42. The molecule has 0 radical (unpaired) electrons. The van der Waals surface area contributed by atoms with Crippen molar-refractivity contribution in [2.24, 2.45) is 0 Å². The summed E-state index contributed by atoms with van der Waals surface area (Å²) in [6, 6.07) is 0.885. The van der Waals surface area contributed by atoms with Crippen molar-refractivity contribution < 1.29 is 31.8 Å². The summed E-state index contributed by atoms with van der Waals surface area (Å²) in [5.74, 6) is 0. The summed E-state index contributed by atoms with van der Waals surface area (Å²) in [6.07, 6.45) is 1.03. The zero-order valence-electron chi connectivity index (χ0n) is 11.3. The molecule has 17 heavy (non-hydrogen) atoms. The van der Waals surface area contributed by atoms with Gasteiger partial charge in [-0.25, -0.2) is 4.57 Å². The largest absolute Gasteiger partial charge is 0.500 e. The second-order valence-electron chi connectivity index (χ2n) is 2.88. The van der Waals surface area contributed by atoms with Crippen LogP contribution in [0.2, 0.25) is 6.04 Å². The van der Waals surface area contributed by atoms with E-state index < -0.39 is 16.6 Å². The van der Waals surface area contributed by atoms with E-state index in [4.69, 9.17) is 18.2 Å². The summed E-state index contributed by atoms with van der Waals surface area (Å²) in [7, 11) is 1.23. The zero-order chi connectivity index (χ0) is 13.9. The molecule has 0 fully saturated rings. The maximum Gasteiger partial charge on any atom is 0.500 e. The van der Waals surface area contributed by atoms with Crippen molar-refractivity contribution in [2.75, 3.05) is 35.5 Å². The van der Waals surface area contributed by atoms with Crippen molar-refractivity contribution in [3.63, 3.8) is 0 Å². The molecule has 0 saturated carbocycles. The molecule has 1 N–H and O–H groups in total. The third kappa shape index (κ3) is 8.87. The Balaban J connectivity index is 0. The zero-order valence-corrected chi connectivity index (χ0v) is 13.2. The summed E-state index contributed by atoms with van der Waals surface area (Å²) in [6.45, 7) is 2.08. The van der Waals surface area contributed by atoms with E-state index in [1.807, 2.05) is 0 Å². The van der Waals surface area contributed by atoms with Crippen molar-refractivity contribution in [1.29, 1.82) is 0 Å². The highest BCUT2D eigenvalue weighted by molar-refractivity contribution is 7.47. The standard InChI is InChI=1S/C6H16O3Si.C2H7O4P/c1-5-6-10(7-2,8-3)9-4;1-5-7(3,4)6-2/h5-6H2,1-4H3;1-2H3,(H,3,4). The maximum atomic E-state index is 10.1. The van der Waals surface area contributed by atoms with Crippen LogP contribution in [0.25, 0.3) is 0 Å². The third-order valence-corrected chi connectivity index (χ3v) is 5.85. The van der Waals surface area contributed by atoms with Crippen LogP contribution < -0.4 is 0 Å². The third-order valence-electron chi connectivity index (χ3n) is 1.95. The second-order valence-corrected chi connectivity index (χ2v) is 7.64. The molecular formula is C8H23O7PSi. The molecule has 106 valence electrons. The van der Waals surface area contributed by atoms with Gasteiger partial charge in [-0.05, 0) is 0 Å². The highest BCUT2D eigenvalue weighted by Gasteiger charge is 2.36. The van der Waals surface area contributed by atoms with Crippen LogP contribution in [-0.4, -0.2) is 49.2 Å². The molecule has 0 amide bonds. The van der Waals surface area contributed by atoms with Gasteiger partial charge in [0, 0.05) is 41.6 Å². The Hall–Kier alpha value is 0.207. The van der Waals surface area contributed by atoms with Crippen molar-refractivity contribution in [3.05, 3.63) is 0 Å². The topological polar surface area (TPSA) is 83.5 Å². The minimum absolute atomic E-state index is 0.885. The van der Waals surface area contributed by atoms with Crippen LogP contribution in [0.4, 0.5) is 0 Å². The molecule has 0 atom stereocenters. The van der Waals surface area contributed by atoms with Gasteiger partial charge in [-0.15, -0.1) is 0 Å². The molecule has 9 heteroatoms. The smallest absolute Gasteiger partial charge is 0.377 e. The molecule has 0 rings (SSSR count). The lowest BCUT2D eigenvalue weighted by molar-refractivity contribution is 0.123. The molecule has 0 aliphatic rings. The van der Waals surface area contributed by atoms with Gasteiger partial charge in [-0.2, -0.15) is 0 Å². The average molecular weight is 290 g/mol. The van der Waals surface area contributed by atoms with E-state index in [-0.39, 0.29) is 0 Å². The number of phosphoric ester groups is 1. The molecule has 0 aromatic rings. The summed E-state index contributed by atoms with van der Waals surface area (Å²) in [5.41, 5.74) is 0. The van der Waals surface area contributed by atoms with E-state index in [9.17, 15) is 4.57 Å². The second kappa shape index (κ2) is 10.2. The average Bonchev–Trinajstić information content (AvgIpc) is 2.37. The summed E-state index contributed by atoms with van der Waals surface area (Å²) in [5, 5.41) is 0. The van der Waals surface area contributed by atoms with Crippen LogP contribution in [-0.2, 0) is 26.9 Å². The normalized spacial score (nSPS) is 11.9. The number of phosphoric acid groups is 1. The molecule has 0 aliphatic carbocycles. The first-order valence-electron chi connectivity index (χ1n) is 4.96. The maximum absolute atomic E-state index is 10.1. The van der Waals surface area contributed by atoms with E-state index in [0.717, 1.165) is 26.7 Å². The summed E-state index contributed by atoms with van der Waals surface area (Å²) in [4.78, 5) is 8.24. The van der Waals surface area contributed by atoms with Crippen LogP contribution >= 0.6 is 7.82 Å². The first kappa shape index (κ1) is 19.5. The molecule has 0 aromatic carbocycles. The fraction of sp³-hybridized carbons (Fsp3) is 1.00. The SMILES string of the molecule is CCC[Si](OC)(OC)OC.COP(=O)(O)OC. The van der Waals surface area contributed by atoms with E-state index in [1.165, 1.54) is 0 Å². The van der Waals surface area contributed by atoms with Gasteiger partial charge in [-0.3, -0.25) is 9.05 Å². The van der Waals surface area contributed by atoms with E-state index in [1.54, 1.807) is 21.3 Å². The van der Waals surface area contributed by atoms with E-state index >= 15 is 0 Å². The van der Waals surface area contributed by atoms with Gasteiger partial charge in [-0.1, -0.05) is 13.3 Å². The molecule has 0 saturated heterocycles. The molecule has 0 unspecified atom stereocenters. The number of hydrogen-bond donors (Lipinski definition) is 1. The van der Waals surface area contributed by atoms with Gasteiger partial charge < -0.3 is 18.2 Å². The van der Waals surface area contributed by atoms with Crippen LogP contribution in [0.1, 0.15) is 13.3 Å². The highest BCUT2D eigenvalue weighted by atomic mass is 31.2. The number of hydrogen-bond acceptors (Lipinski definition) is 6. The number of rotatable bonds is 7. The van der Waals surface area contributed by atoms with Crippen LogP contribution in [0.15, 0.2) is 0 Å². The molecule has 0 spiro atoms. The van der Waals surface area contributed by atoms with Crippen LogP contribution in [0.3, 0.4) is 0 Å². The Morgan fingerprint density at radius 1 is 1.00 bits per heavy atom. The molecule has 0 aliphatic heterocycles. The quantitative estimate of drug-likeness (QED) is 0.564. The molecule has 7 nitrogen and oxygen atoms in total. The van der Waals surface area contributed by atoms with Crippen LogP contribution in [0.5, 0.6) is 0 Å². The fourth-order valence-electron chi connectivity index (χ4n) is 0.937. The van der Waals surface area contributed by atoms with Crippen LogP contribution in [0, 0.1) is 0 Å². The monoisotopic (exact) mass is 290 g/mol. The van der Waals surface area contributed by atoms with Crippen molar-refractivity contribution in [1.82, 2.24) is 0 Å². The molecular weight excluding hydrogens is 267 g/mol. The first-order valence-corrected chi connectivity index (χ1v) is 8.39. The lowest BCUT2D eigenvalue weighted by Gasteiger charge is -2.23. The molecule has 0 heterocycles. The van der Waals surface area contributed by atoms with Gasteiger partial charge in [0.15, 0.2) is 0 Å². The summed E-state index contributed by atoms with van der Waals surface area (Å²) < 4.78 is 33.5. The predicted molar refractivity (Wildman–Crippen MR) is 65.7 cm³/mol. The Bertz CT molecular complexity index is 206. The van der Waals surface area contributed by atoms with Crippen molar-refractivity contribution in [3.8, 4) is 0 Å². The summed E-state index contributed by atoms with van der Waals surface area (Å²) >= 11 is 0. The van der Waals surface area contributed by atoms with Gasteiger partial charge >= 0.3 is 16.6 Å². The van der Waals surface area contributed by atoms with Crippen molar-refractivity contribution >= 4 is 16.6 Å². The van der Waals surface area contributed by atoms with Gasteiger partial charge in [0.05, 0.1) is 0 Å². The van der Waals surface area contributed by atoms with Gasteiger partial charge in [0.1, 0.15) is 0 Å². The Morgan fingerprint density at radius 3 is 1.41 bits per heavy atom. The minimum atomic E-state index is -3.65.